The molecule has 2 saturated heterocycles. The van der Waals surface area contributed by atoms with E-state index < -0.39 is 0 Å². The van der Waals surface area contributed by atoms with E-state index in [1.165, 1.54) is 11.8 Å². The number of phenols is 1. The van der Waals surface area contributed by atoms with Gasteiger partial charge >= 0.3 is 0 Å². The van der Waals surface area contributed by atoms with Gasteiger partial charge in [-0.1, -0.05) is 18.2 Å². The Morgan fingerprint density at radius 1 is 1.19 bits per heavy atom. The summed E-state index contributed by atoms with van der Waals surface area (Å²) in [7, 11) is 0. The van der Waals surface area contributed by atoms with Gasteiger partial charge in [-0.2, -0.15) is 0 Å². The number of likely N-dealkylation sites (N-methyl/N-ethyl adjacent to an activating group) is 1. The molecule has 0 radical (unpaired) electrons. The van der Waals surface area contributed by atoms with E-state index in [4.69, 9.17) is 4.74 Å². The Kier molecular flexibility index (Phi) is 6.39. The summed E-state index contributed by atoms with van der Waals surface area (Å²) in [5.74, 6) is 0.0251. The standard InChI is InChI=1S/C23H23N3O4S/c1-2-26-22(29)20(14-16-6-8-19(27)9-7-16)31-23(26)24-18-5-3-4-17(15-18)21(28)25-10-12-30-13-11-25/h3-9,14-15,27H,2,10-13H2,1H3/b20-14+,24-23?. The molecule has 0 unspecified atom stereocenters. The fraction of sp³-hybridized carbons (Fsp3) is 0.261. The third kappa shape index (κ3) is 4.81. The number of aliphatic imine (C=N–C) groups is 1. The molecular weight excluding hydrogens is 414 g/mol. The summed E-state index contributed by atoms with van der Waals surface area (Å²) in [6, 6.07) is 13.8. The van der Waals surface area contributed by atoms with Gasteiger partial charge in [-0.3, -0.25) is 14.5 Å². The van der Waals surface area contributed by atoms with Crippen molar-refractivity contribution in [2.75, 3.05) is 32.8 Å². The third-order valence-electron chi connectivity index (χ3n) is 5.01. The molecular formula is C23H23N3O4S. The number of carbonyl (C=O) groups excluding carboxylic acids is 2. The molecule has 2 aliphatic rings. The van der Waals surface area contributed by atoms with E-state index >= 15 is 0 Å². The Labute approximate surface area is 185 Å². The van der Waals surface area contributed by atoms with E-state index in [9.17, 15) is 14.7 Å². The molecule has 0 aromatic heterocycles. The van der Waals surface area contributed by atoms with Gasteiger partial charge in [0.15, 0.2) is 5.17 Å². The molecule has 0 bridgehead atoms. The van der Waals surface area contributed by atoms with Gasteiger partial charge in [0.1, 0.15) is 5.75 Å². The topological polar surface area (TPSA) is 82.4 Å². The first-order chi connectivity index (χ1) is 15.0. The highest BCUT2D eigenvalue weighted by molar-refractivity contribution is 8.18. The van der Waals surface area contributed by atoms with Gasteiger partial charge in [-0.25, -0.2) is 4.99 Å². The minimum Gasteiger partial charge on any atom is -0.508 e. The maximum atomic E-state index is 12.8. The molecule has 31 heavy (non-hydrogen) atoms. The minimum atomic E-state index is -0.111. The van der Waals surface area contributed by atoms with Crippen LogP contribution in [0.15, 0.2) is 58.4 Å². The maximum absolute atomic E-state index is 12.8. The van der Waals surface area contributed by atoms with E-state index in [1.807, 2.05) is 13.0 Å². The molecule has 2 heterocycles. The van der Waals surface area contributed by atoms with Crippen LogP contribution in [0.2, 0.25) is 0 Å². The van der Waals surface area contributed by atoms with Crippen LogP contribution in [0.1, 0.15) is 22.8 Å². The van der Waals surface area contributed by atoms with Gasteiger partial charge in [0.25, 0.3) is 11.8 Å². The highest BCUT2D eigenvalue weighted by Gasteiger charge is 2.32. The van der Waals surface area contributed by atoms with Crippen LogP contribution in [0.4, 0.5) is 5.69 Å². The second-order valence-corrected chi connectivity index (χ2v) is 8.11. The first-order valence-electron chi connectivity index (χ1n) is 10.1. The Bertz CT molecular complexity index is 1040. The molecule has 8 heteroatoms. The number of aromatic hydroxyl groups is 1. The number of morpholine rings is 1. The summed E-state index contributed by atoms with van der Waals surface area (Å²) >= 11 is 1.30. The van der Waals surface area contributed by atoms with Crippen LogP contribution < -0.4 is 0 Å². The monoisotopic (exact) mass is 437 g/mol. The maximum Gasteiger partial charge on any atom is 0.266 e. The number of ether oxygens (including phenoxy) is 1. The number of thioether (sulfide) groups is 1. The number of rotatable bonds is 4. The zero-order valence-corrected chi connectivity index (χ0v) is 18.0. The largest absolute Gasteiger partial charge is 0.508 e. The molecule has 4 rings (SSSR count). The van der Waals surface area contributed by atoms with Gasteiger partial charge in [0, 0.05) is 25.2 Å². The average Bonchev–Trinajstić information content (AvgIpc) is 3.09. The molecule has 2 fully saturated rings. The van der Waals surface area contributed by atoms with Crippen molar-refractivity contribution in [2.24, 2.45) is 4.99 Å². The van der Waals surface area contributed by atoms with Crippen LogP contribution in [0, 0.1) is 0 Å². The Hall–Kier alpha value is -3.10. The van der Waals surface area contributed by atoms with Crippen molar-refractivity contribution in [3.8, 4) is 5.75 Å². The van der Waals surface area contributed by atoms with Crippen molar-refractivity contribution in [3.05, 3.63) is 64.6 Å². The summed E-state index contributed by atoms with van der Waals surface area (Å²) in [6.45, 7) is 4.65. The lowest BCUT2D eigenvalue weighted by molar-refractivity contribution is -0.122. The predicted molar refractivity (Wildman–Crippen MR) is 121 cm³/mol. The number of hydrogen-bond donors (Lipinski definition) is 1. The lowest BCUT2D eigenvalue weighted by Gasteiger charge is -2.26. The number of carbonyl (C=O) groups is 2. The van der Waals surface area contributed by atoms with Crippen molar-refractivity contribution >= 4 is 40.5 Å². The number of nitrogens with zero attached hydrogens (tertiary/aromatic N) is 3. The number of phenolic OH excluding ortho intramolecular Hbond substituents is 1. The smallest absolute Gasteiger partial charge is 0.266 e. The van der Waals surface area contributed by atoms with E-state index in [1.54, 1.807) is 58.3 Å². The fourth-order valence-electron chi connectivity index (χ4n) is 3.36. The number of benzene rings is 2. The second kappa shape index (κ2) is 9.36. The van der Waals surface area contributed by atoms with Crippen LogP contribution in [-0.4, -0.2) is 64.7 Å². The second-order valence-electron chi connectivity index (χ2n) is 7.10. The van der Waals surface area contributed by atoms with Crippen LogP contribution in [0.3, 0.4) is 0 Å². The fourth-order valence-corrected chi connectivity index (χ4v) is 4.42. The zero-order chi connectivity index (χ0) is 21.8. The minimum absolute atomic E-state index is 0.0410. The summed E-state index contributed by atoms with van der Waals surface area (Å²) in [4.78, 5) is 34.2. The molecule has 2 aromatic rings. The average molecular weight is 438 g/mol. The van der Waals surface area contributed by atoms with E-state index in [-0.39, 0.29) is 17.6 Å². The summed E-state index contributed by atoms with van der Waals surface area (Å²) in [5.41, 5.74) is 2.02. The van der Waals surface area contributed by atoms with Crippen LogP contribution in [-0.2, 0) is 9.53 Å². The molecule has 2 aliphatic heterocycles. The van der Waals surface area contributed by atoms with E-state index in [2.05, 4.69) is 4.99 Å². The zero-order valence-electron chi connectivity index (χ0n) is 17.2. The van der Waals surface area contributed by atoms with Crippen molar-refractivity contribution in [2.45, 2.75) is 6.92 Å². The first-order valence-corrected chi connectivity index (χ1v) is 10.9. The van der Waals surface area contributed by atoms with Crippen LogP contribution in [0.25, 0.3) is 6.08 Å². The van der Waals surface area contributed by atoms with Gasteiger partial charge in [0.05, 0.1) is 23.8 Å². The van der Waals surface area contributed by atoms with Crippen molar-refractivity contribution in [1.82, 2.24) is 9.80 Å². The molecule has 0 saturated carbocycles. The Morgan fingerprint density at radius 2 is 1.94 bits per heavy atom. The molecule has 0 spiro atoms. The van der Waals surface area contributed by atoms with Crippen molar-refractivity contribution in [3.63, 3.8) is 0 Å². The van der Waals surface area contributed by atoms with E-state index in [0.29, 0.717) is 54.2 Å². The molecule has 160 valence electrons. The SMILES string of the molecule is CCN1C(=O)/C(=C\c2ccc(O)cc2)SC1=Nc1cccc(C(=O)N2CCOCC2)c1. The number of hydrogen-bond acceptors (Lipinski definition) is 6. The summed E-state index contributed by atoms with van der Waals surface area (Å²) in [5, 5.41) is 10.0. The first kappa shape index (κ1) is 21.1. The molecule has 2 amide bonds. The van der Waals surface area contributed by atoms with Crippen LogP contribution in [0.5, 0.6) is 5.75 Å². The van der Waals surface area contributed by atoms with E-state index in [0.717, 1.165) is 5.56 Å². The molecule has 1 N–H and O–H groups in total. The third-order valence-corrected chi connectivity index (χ3v) is 6.02. The summed E-state index contributed by atoms with van der Waals surface area (Å²) < 4.78 is 5.32. The molecule has 0 atom stereocenters. The van der Waals surface area contributed by atoms with Gasteiger partial charge in [0.2, 0.25) is 0 Å². The highest BCUT2D eigenvalue weighted by Crippen LogP contribution is 2.34. The van der Waals surface area contributed by atoms with Crippen molar-refractivity contribution in [1.29, 1.82) is 0 Å². The lowest BCUT2D eigenvalue weighted by Crippen LogP contribution is -2.40. The predicted octanol–water partition coefficient (Wildman–Crippen LogP) is 3.49. The molecule has 7 nitrogen and oxygen atoms in total. The highest BCUT2D eigenvalue weighted by atomic mass is 32.2. The normalized spacial score (nSPS) is 19.5. The van der Waals surface area contributed by atoms with Gasteiger partial charge in [-0.15, -0.1) is 0 Å². The van der Waals surface area contributed by atoms with Gasteiger partial charge < -0.3 is 14.7 Å². The van der Waals surface area contributed by atoms with Gasteiger partial charge in [-0.05, 0) is 60.7 Å². The lowest BCUT2D eigenvalue weighted by atomic mass is 10.1. The number of amidine groups is 1. The molecule has 0 aliphatic carbocycles. The van der Waals surface area contributed by atoms with Crippen LogP contribution >= 0.6 is 11.8 Å². The Balaban J connectivity index is 1.58. The Morgan fingerprint density at radius 3 is 2.65 bits per heavy atom. The van der Waals surface area contributed by atoms with Crippen molar-refractivity contribution < 1.29 is 19.4 Å². The number of amides is 2. The quantitative estimate of drug-likeness (QED) is 0.741. The summed E-state index contributed by atoms with van der Waals surface area (Å²) in [6.07, 6.45) is 1.79. The molecule has 2 aromatic carbocycles.